The Morgan fingerprint density at radius 1 is 1.25 bits per heavy atom. The van der Waals surface area contributed by atoms with E-state index in [2.05, 4.69) is 0 Å². The fourth-order valence-electron chi connectivity index (χ4n) is 0.403. The van der Waals surface area contributed by atoms with Gasteiger partial charge in [-0.15, -0.1) is 0 Å². The fourth-order valence-corrected chi connectivity index (χ4v) is 0.403. The topological polar surface area (TPSA) is 19.9 Å². The summed E-state index contributed by atoms with van der Waals surface area (Å²) in [6.45, 7) is 6.10. The molecule has 0 aliphatic heterocycles. The normalized spacial score (nSPS) is 9.00. The second-order valence-corrected chi connectivity index (χ2v) is 2.23. The molecule has 1 radical (unpaired) electrons. The summed E-state index contributed by atoms with van der Waals surface area (Å²) in [6.07, 6.45) is 0.711. The first-order chi connectivity index (χ1) is 3.68. The lowest BCUT2D eigenvalue weighted by Crippen LogP contribution is -1.83. The van der Waals surface area contributed by atoms with Crippen molar-refractivity contribution in [2.75, 3.05) is 6.61 Å². The quantitative estimate of drug-likeness (QED) is 0.489. The minimum Gasteiger partial charge on any atom is -0.236 e. The molecule has 0 bridgehead atoms. The van der Waals surface area contributed by atoms with Gasteiger partial charge in [0.25, 0.3) is 0 Å². The van der Waals surface area contributed by atoms with Crippen molar-refractivity contribution in [3.8, 4) is 0 Å². The Labute approximate surface area is 51.0 Å². The van der Waals surface area contributed by atoms with Gasteiger partial charge in [0.05, 0.1) is 6.61 Å². The predicted octanol–water partition coefficient (Wildman–Crippen LogP) is 2.16. The van der Waals surface area contributed by atoms with Crippen LogP contribution in [0.4, 0.5) is 0 Å². The Morgan fingerprint density at radius 3 is 1.88 bits per heavy atom. The molecule has 0 aliphatic carbocycles. The molecule has 8 heavy (non-hydrogen) atoms. The summed E-state index contributed by atoms with van der Waals surface area (Å²) in [4.78, 5) is 0. The molecule has 1 nitrogen and oxygen atoms in total. The van der Waals surface area contributed by atoms with Gasteiger partial charge < -0.3 is 0 Å². The van der Waals surface area contributed by atoms with Gasteiger partial charge in [-0.05, 0) is 27.2 Å². The van der Waals surface area contributed by atoms with Crippen molar-refractivity contribution in [1.82, 2.24) is 0 Å². The van der Waals surface area contributed by atoms with Gasteiger partial charge in [0, 0.05) is 0 Å². The van der Waals surface area contributed by atoms with Crippen LogP contribution < -0.4 is 0 Å². The predicted molar refractivity (Wildman–Crippen MR) is 34.2 cm³/mol. The Bertz CT molecular complexity index is 88.6. The van der Waals surface area contributed by atoms with Crippen LogP contribution in [0.3, 0.4) is 0 Å². The standard InChI is InChI=1S/C7H13O/c1-6(2)7(3)4-5-8/h4-5H2,1-3H3. The lowest BCUT2D eigenvalue weighted by molar-refractivity contribution is 0.197. The van der Waals surface area contributed by atoms with E-state index in [0.717, 1.165) is 0 Å². The molecule has 0 heterocycles. The van der Waals surface area contributed by atoms with Crippen LogP contribution in [0.5, 0.6) is 0 Å². The number of hydrogen-bond acceptors (Lipinski definition) is 0. The molecule has 0 unspecified atom stereocenters. The SMILES string of the molecule is CC(C)=C(C)CC[O]. The van der Waals surface area contributed by atoms with Crippen molar-refractivity contribution in [2.24, 2.45) is 0 Å². The molecule has 1 heteroatoms. The average molecular weight is 113 g/mol. The van der Waals surface area contributed by atoms with Crippen LogP contribution in [-0.2, 0) is 5.11 Å². The minimum absolute atomic E-state index is 0.0248. The van der Waals surface area contributed by atoms with E-state index in [1.54, 1.807) is 0 Å². The van der Waals surface area contributed by atoms with E-state index in [9.17, 15) is 5.11 Å². The van der Waals surface area contributed by atoms with Crippen LogP contribution in [0.15, 0.2) is 11.1 Å². The van der Waals surface area contributed by atoms with Gasteiger partial charge in [-0.3, -0.25) is 0 Å². The smallest absolute Gasteiger partial charge is 0.0859 e. The van der Waals surface area contributed by atoms with Gasteiger partial charge in [-0.25, -0.2) is 5.11 Å². The molecule has 0 aromatic heterocycles. The molecule has 0 aromatic rings. The average Bonchev–Trinajstić information content (AvgIpc) is 1.67. The van der Waals surface area contributed by atoms with Crippen LogP contribution in [0.2, 0.25) is 0 Å². The van der Waals surface area contributed by atoms with Crippen LogP contribution in [0.1, 0.15) is 27.2 Å². The van der Waals surface area contributed by atoms with E-state index >= 15 is 0 Å². The molecule has 0 N–H and O–H groups in total. The highest BCUT2D eigenvalue weighted by Gasteiger charge is 1.88. The number of rotatable bonds is 2. The largest absolute Gasteiger partial charge is 0.236 e. The third-order valence-corrected chi connectivity index (χ3v) is 1.33. The Kier molecular flexibility index (Phi) is 3.53. The summed E-state index contributed by atoms with van der Waals surface area (Å²) in [5.41, 5.74) is 2.51. The van der Waals surface area contributed by atoms with E-state index < -0.39 is 0 Å². The summed E-state index contributed by atoms with van der Waals surface area (Å²) in [5.74, 6) is 0. The first-order valence-corrected chi connectivity index (χ1v) is 2.89. The van der Waals surface area contributed by atoms with E-state index in [4.69, 9.17) is 0 Å². The van der Waals surface area contributed by atoms with Crippen LogP contribution in [-0.4, -0.2) is 6.61 Å². The molecule has 0 rings (SSSR count). The first kappa shape index (κ1) is 7.70. The van der Waals surface area contributed by atoms with Crippen molar-refractivity contribution in [2.45, 2.75) is 27.2 Å². The maximum absolute atomic E-state index is 10.0. The van der Waals surface area contributed by atoms with Gasteiger partial charge in [-0.2, -0.15) is 0 Å². The van der Waals surface area contributed by atoms with Crippen LogP contribution in [0, 0.1) is 0 Å². The highest BCUT2D eigenvalue weighted by atomic mass is 16.2. The summed E-state index contributed by atoms with van der Waals surface area (Å²) in [7, 11) is 0. The first-order valence-electron chi connectivity index (χ1n) is 2.89. The summed E-state index contributed by atoms with van der Waals surface area (Å²) < 4.78 is 0. The summed E-state index contributed by atoms with van der Waals surface area (Å²) >= 11 is 0. The van der Waals surface area contributed by atoms with E-state index in [1.165, 1.54) is 11.1 Å². The number of allylic oxidation sites excluding steroid dienone is 1. The monoisotopic (exact) mass is 113 g/mol. The molecule has 0 aliphatic rings. The Morgan fingerprint density at radius 2 is 1.75 bits per heavy atom. The van der Waals surface area contributed by atoms with Crippen LogP contribution in [0.25, 0.3) is 0 Å². The zero-order valence-corrected chi connectivity index (χ0v) is 5.82. The van der Waals surface area contributed by atoms with Gasteiger partial charge in [0.1, 0.15) is 0 Å². The van der Waals surface area contributed by atoms with Gasteiger partial charge >= 0.3 is 0 Å². The summed E-state index contributed by atoms with van der Waals surface area (Å²) in [6, 6.07) is 0. The number of hydrogen-bond donors (Lipinski definition) is 0. The zero-order valence-electron chi connectivity index (χ0n) is 5.82. The third kappa shape index (κ3) is 2.80. The molecule has 0 amide bonds. The highest BCUT2D eigenvalue weighted by molar-refractivity contribution is 5.05. The zero-order chi connectivity index (χ0) is 6.57. The molecule has 0 atom stereocenters. The van der Waals surface area contributed by atoms with Crippen molar-refractivity contribution in [3.05, 3.63) is 11.1 Å². The Hall–Kier alpha value is -0.300. The molecular formula is C7H13O. The van der Waals surface area contributed by atoms with Crippen molar-refractivity contribution < 1.29 is 5.11 Å². The maximum Gasteiger partial charge on any atom is 0.0859 e. The molecule has 0 saturated heterocycles. The van der Waals surface area contributed by atoms with E-state index in [1.807, 2.05) is 20.8 Å². The molecule has 0 aromatic carbocycles. The molecule has 0 fully saturated rings. The van der Waals surface area contributed by atoms with Crippen molar-refractivity contribution in [1.29, 1.82) is 0 Å². The Balaban J connectivity index is 3.62. The minimum atomic E-state index is 0.0248. The lowest BCUT2D eigenvalue weighted by Gasteiger charge is -1.96. The van der Waals surface area contributed by atoms with Gasteiger partial charge in [0.2, 0.25) is 0 Å². The molecule has 0 saturated carbocycles. The third-order valence-electron chi connectivity index (χ3n) is 1.33. The molecular weight excluding hydrogens is 100 g/mol. The lowest BCUT2D eigenvalue weighted by atomic mass is 10.1. The van der Waals surface area contributed by atoms with E-state index in [-0.39, 0.29) is 6.61 Å². The molecule has 0 spiro atoms. The fraction of sp³-hybridized carbons (Fsp3) is 0.714. The second kappa shape index (κ2) is 3.67. The van der Waals surface area contributed by atoms with Crippen molar-refractivity contribution in [3.63, 3.8) is 0 Å². The second-order valence-electron chi connectivity index (χ2n) is 2.23. The van der Waals surface area contributed by atoms with Crippen LogP contribution >= 0.6 is 0 Å². The summed E-state index contributed by atoms with van der Waals surface area (Å²) in [5, 5.41) is 10.0. The van der Waals surface area contributed by atoms with Crippen molar-refractivity contribution >= 4 is 0 Å². The van der Waals surface area contributed by atoms with Gasteiger partial charge in [-0.1, -0.05) is 11.1 Å². The molecule has 47 valence electrons. The van der Waals surface area contributed by atoms with E-state index in [0.29, 0.717) is 6.42 Å². The maximum atomic E-state index is 10.0. The van der Waals surface area contributed by atoms with Gasteiger partial charge in [0.15, 0.2) is 0 Å². The highest BCUT2D eigenvalue weighted by Crippen LogP contribution is 2.04.